The minimum atomic E-state index is -0.309. The number of rotatable bonds is 7. The molecule has 0 bridgehead atoms. The van der Waals surface area contributed by atoms with Gasteiger partial charge in [-0.1, -0.05) is 42.5 Å². The highest BCUT2D eigenvalue weighted by Crippen LogP contribution is 2.31. The Bertz CT molecular complexity index is 681. The van der Waals surface area contributed by atoms with Crippen molar-refractivity contribution in [3.05, 3.63) is 75.3 Å². The number of aliphatic hydroxyl groups excluding tert-OH is 1. The van der Waals surface area contributed by atoms with Crippen LogP contribution in [0.2, 0.25) is 0 Å². The molecule has 0 radical (unpaired) electrons. The number of nitrogens with zero attached hydrogens (tertiary/aromatic N) is 2. The molecule has 3 rings (SSSR count). The van der Waals surface area contributed by atoms with Crippen molar-refractivity contribution in [2.75, 3.05) is 0 Å². The number of nitro benzene ring substituents is 1. The molecule has 23 heavy (non-hydrogen) atoms. The molecule has 0 saturated heterocycles. The van der Waals surface area contributed by atoms with E-state index in [-0.39, 0.29) is 17.2 Å². The van der Waals surface area contributed by atoms with Gasteiger partial charge in [-0.05, 0) is 24.0 Å². The Balaban J connectivity index is 1.76. The van der Waals surface area contributed by atoms with Crippen LogP contribution in [0.5, 0.6) is 0 Å². The van der Waals surface area contributed by atoms with E-state index in [4.69, 9.17) is 5.11 Å². The van der Waals surface area contributed by atoms with E-state index < -0.39 is 0 Å². The third-order valence-electron chi connectivity index (χ3n) is 4.22. The SMILES string of the molecule is O=[N+]([O-])c1ccccc1CN(Cc1ccc(CO)cc1)C1CC1. The second kappa shape index (κ2) is 6.89. The van der Waals surface area contributed by atoms with E-state index in [0.29, 0.717) is 12.6 Å². The lowest BCUT2D eigenvalue weighted by molar-refractivity contribution is -0.385. The van der Waals surface area contributed by atoms with Gasteiger partial charge in [0.2, 0.25) is 0 Å². The Hall–Kier alpha value is -2.24. The molecule has 2 aromatic rings. The summed E-state index contributed by atoms with van der Waals surface area (Å²) in [4.78, 5) is 13.2. The molecular weight excluding hydrogens is 292 g/mol. The summed E-state index contributed by atoms with van der Waals surface area (Å²) in [6, 6.07) is 15.3. The van der Waals surface area contributed by atoms with Crippen molar-refractivity contribution in [1.29, 1.82) is 0 Å². The van der Waals surface area contributed by atoms with Gasteiger partial charge in [-0.15, -0.1) is 0 Å². The highest BCUT2D eigenvalue weighted by molar-refractivity contribution is 5.39. The maximum Gasteiger partial charge on any atom is 0.273 e. The molecule has 2 aromatic carbocycles. The van der Waals surface area contributed by atoms with E-state index in [1.165, 1.54) is 0 Å². The molecule has 1 N–H and O–H groups in total. The summed E-state index contributed by atoms with van der Waals surface area (Å²) in [7, 11) is 0. The van der Waals surface area contributed by atoms with Crippen LogP contribution in [0.25, 0.3) is 0 Å². The fourth-order valence-electron chi connectivity index (χ4n) is 2.78. The van der Waals surface area contributed by atoms with Gasteiger partial charge < -0.3 is 5.11 Å². The minimum Gasteiger partial charge on any atom is -0.392 e. The Kier molecular flexibility index (Phi) is 4.69. The number of benzene rings is 2. The van der Waals surface area contributed by atoms with Crippen LogP contribution in [0.1, 0.15) is 29.5 Å². The Labute approximate surface area is 135 Å². The number of aliphatic hydroxyl groups is 1. The lowest BCUT2D eigenvalue weighted by Crippen LogP contribution is -2.25. The van der Waals surface area contributed by atoms with Crippen LogP contribution < -0.4 is 0 Å². The number of hydrogen-bond acceptors (Lipinski definition) is 4. The minimum absolute atomic E-state index is 0.0445. The Morgan fingerprint density at radius 2 is 1.70 bits per heavy atom. The topological polar surface area (TPSA) is 66.6 Å². The van der Waals surface area contributed by atoms with Gasteiger partial charge in [0.05, 0.1) is 11.5 Å². The van der Waals surface area contributed by atoms with Gasteiger partial charge in [0.1, 0.15) is 0 Å². The molecule has 1 saturated carbocycles. The average molecular weight is 312 g/mol. The van der Waals surface area contributed by atoms with Crippen molar-refractivity contribution in [3.8, 4) is 0 Å². The summed E-state index contributed by atoms with van der Waals surface area (Å²) >= 11 is 0. The smallest absolute Gasteiger partial charge is 0.273 e. The molecule has 1 aliphatic rings. The fourth-order valence-corrected chi connectivity index (χ4v) is 2.78. The zero-order chi connectivity index (χ0) is 16.2. The normalized spacial score (nSPS) is 14.2. The molecular formula is C18H20N2O3. The molecule has 0 spiro atoms. The third-order valence-corrected chi connectivity index (χ3v) is 4.22. The highest BCUT2D eigenvalue weighted by Gasteiger charge is 2.30. The van der Waals surface area contributed by atoms with E-state index in [2.05, 4.69) is 4.90 Å². The Morgan fingerprint density at radius 1 is 1.04 bits per heavy atom. The maximum atomic E-state index is 11.2. The molecule has 0 amide bonds. The van der Waals surface area contributed by atoms with E-state index in [1.54, 1.807) is 12.1 Å². The summed E-state index contributed by atoms with van der Waals surface area (Å²) in [6.45, 7) is 1.40. The summed E-state index contributed by atoms with van der Waals surface area (Å²) < 4.78 is 0. The molecule has 0 aliphatic heterocycles. The van der Waals surface area contributed by atoms with Gasteiger partial charge in [0.15, 0.2) is 0 Å². The molecule has 1 aliphatic carbocycles. The largest absolute Gasteiger partial charge is 0.392 e. The second-order valence-electron chi connectivity index (χ2n) is 6.00. The molecule has 0 heterocycles. The zero-order valence-electron chi connectivity index (χ0n) is 12.9. The van der Waals surface area contributed by atoms with Crippen LogP contribution in [-0.4, -0.2) is 21.0 Å². The first-order chi connectivity index (χ1) is 11.2. The number of para-hydroxylation sites is 1. The first-order valence-electron chi connectivity index (χ1n) is 7.82. The third kappa shape index (κ3) is 3.94. The summed E-state index contributed by atoms with van der Waals surface area (Å²) in [5, 5.41) is 20.3. The van der Waals surface area contributed by atoms with E-state index in [1.807, 2.05) is 36.4 Å². The van der Waals surface area contributed by atoms with Crippen LogP contribution in [-0.2, 0) is 19.7 Å². The molecule has 5 nitrogen and oxygen atoms in total. The highest BCUT2D eigenvalue weighted by atomic mass is 16.6. The van der Waals surface area contributed by atoms with Gasteiger partial charge in [-0.2, -0.15) is 0 Å². The van der Waals surface area contributed by atoms with Gasteiger partial charge in [0.25, 0.3) is 5.69 Å². The van der Waals surface area contributed by atoms with Crippen LogP contribution in [0.15, 0.2) is 48.5 Å². The molecule has 0 unspecified atom stereocenters. The van der Waals surface area contributed by atoms with Crippen molar-refractivity contribution in [1.82, 2.24) is 4.90 Å². The number of nitro groups is 1. The second-order valence-corrected chi connectivity index (χ2v) is 6.00. The quantitative estimate of drug-likeness (QED) is 0.629. The van der Waals surface area contributed by atoms with Crippen LogP contribution >= 0.6 is 0 Å². The monoisotopic (exact) mass is 312 g/mol. The van der Waals surface area contributed by atoms with E-state index in [9.17, 15) is 10.1 Å². The van der Waals surface area contributed by atoms with Crippen molar-refractivity contribution < 1.29 is 10.0 Å². The average Bonchev–Trinajstić information content (AvgIpc) is 3.40. The summed E-state index contributed by atoms with van der Waals surface area (Å²) in [5.74, 6) is 0. The predicted molar refractivity (Wildman–Crippen MR) is 87.7 cm³/mol. The van der Waals surface area contributed by atoms with Crippen LogP contribution in [0.3, 0.4) is 0 Å². The molecule has 120 valence electrons. The van der Waals surface area contributed by atoms with Crippen molar-refractivity contribution in [2.24, 2.45) is 0 Å². The lowest BCUT2D eigenvalue weighted by atomic mass is 10.1. The van der Waals surface area contributed by atoms with Crippen LogP contribution in [0, 0.1) is 10.1 Å². The maximum absolute atomic E-state index is 11.2. The summed E-state index contributed by atoms with van der Waals surface area (Å²) in [5.41, 5.74) is 3.00. The molecule has 1 fully saturated rings. The van der Waals surface area contributed by atoms with Crippen LogP contribution in [0.4, 0.5) is 5.69 Å². The zero-order valence-corrected chi connectivity index (χ0v) is 12.9. The molecule has 5 heteroatoms. The molecule has 0 atom stereocenters. The van der Waals surface area contributed by atoms with Gasteiger partial charge in [-0.3, -0.25) is 15.0 Å². The van der Waals surface area contributed by atoms with Gasteiger partial charge in [0, 0.05) is 30.8 Å². The predicted octanol–water partition coefficient (Wildman–Crippen LogP) is 3.25. The van der Waals surface area contributed by atoms with E-state index >= 15 is 0 Å². The first kappa shape index (κ1) is 15.6. The van der Waals surface area contributed by atoms with Crippen molar-refractivity contribution in [3.63, 3.8) is 0 Å². The van der Waals surface area contributed by atoms with E-state index in [0.717, 1.165) is 36.1 Å². The fraction of sp³-hybridized carbons (Fsp3) is 0.333. The van der Waals surface area contributed by atoms with Gasteiger partial charge >= 0.3 is 0 Å². The van der Waals surface area contributed by atoms with Crippen molar-refractivity contribution in [2.45, 2.75) is 38.6 Å². The first-order valence-corrected chi connectivity index (χ1v) is 7.82. The lowest BCUT2D eigenvalue weighted by Gasteiger charge is -2.22. The summed E-state index contributed by atoms with van der Waals surface area (Å²) in [6.07, 6.45) is 2.30. The van der Waals surface area contributed by atoms with Crippen molar-refractivity contribution >= 4 is 5.69 Å². The number of hydrogen-bond donors (Lipinski definition) is 1. The van der Waals surface area contributed by atoms with Gasteiger partial charge in [-0.25, -0.2) is 0 Å². The Morgan fingerprint density at radius 3 is 2.30 bits per heavy atom. The molecule has 0 aromatic heterocycles. The standard InChI is InChI=1S/C18H20N2O3/c21-13-15-7-5-14(6-8-15)11-19(17-9-10-17)12-16-3-1-2-4-18(16)20(22)23/h1-8,17,21H,9-13H2.